The normalized spacial score (nSPS) is 10.1. The highest BCUT2D eigenvalue weighted by Gasteiger charge is 2.07. The maximum Gasteiger partial charge on any atom is 0.161 e. The topological polar surface area (TPSA) is 43.4 Å². The van der Waals surface area contributed by atoms with Crippen LogP contribution in [0.1, 0.15) is 22.4 Å². The van der Waals surface area contributed by atoms with Gasteiger partial charge in [0.1, 0.15) is 6.61 Å². The quantitative estimate of drug-likeness (QED) is 0.636. The van der Waals surface area contributed by atoms with Crippen molar-refractivity contribution in [2.75, 3.05) is 7.11 Å². The van der Waals surface area contributed by atoms with Crippen LogP contribution in [0.3, 0.4) is 0 Å². The highest BCUT2D eigenvalue weighted by molar-refractivity contribution is 5.43. The summed E-state index contributed by atoms with van der Waals surface area (Å²) < 4.78 is 11.4. The Bertz CT molecular complexity index is 841. The smallest absolute Gasteiger partial charge is 0.161 e. The van der Waals surface area contributed by atoms with Gasteiger partial charge in [-0.25, -0.2) is 0 Å². The molecule has 0 unspecified atom stereocenters. The molecule has 1 N–H and O–H groups in total. The third-order valence-electron chi connectivity index (χ3n) is 4.07. The minimum atomic E-state index is 0. The van der Waals surface area contributed by atoms with E-state index in [0.29, 0.717) is 6.61 Å². The van der Waals surface area contributed by atoms with Gasteiger partial charge in [-0.15, -0.1) is 0 Å². The van der Waals surface area contributed by atoms with Crippen LogP contribution in [0.5, 0.6) is 11.5 Å². The molecule has 3 aromatic rings. The molecule has 142 valence electrons. The maximum absolute atomic E-state index is 5.94. The lowest BCUT2D eigenvalue weighted by Crippen LogP contribution is -3.00. The van der Waals surface area contributed by atoms with Crippen molar-refractivity contribution in [3.8, 4) is 11.5 Å². The minimum absolute atomic E-state index is 0. The molecule has 27 heavy (non-hydrogen) atoms. The van der Waals surface area contributed by atoms with Gasteiger partial charge in [-0.05, 0) is 42.3 Å². The number of aromatic nitrogens is 1. The number of nitrogens with one attached hydrogen (secondary N) is 1. The Morgan fingerprint density at radius 1 is 0.889 bits per heavy atom. The Labute approximate surface area is 167 Å². The van der Waals surface area contributed by atoms with Crippen LogP contribution in [0.2, 0.25) is 0 Å². The summed E-state index contributed by atoms with van der Waals surface area (Å²) >= 11 is 0. The van der Waals surface area contributed by atoms with E-state index in [9.17, 15) is 0 Å². The number of pyridine rings is 1. The lowest BCUT2D eigenvalue weighted by atomic mass is 10.1. The second-order valence-electron chi connectivity index (χ2n) is 6.19. The van der Waals surface area contributed by atoms with Crippen molar-refractivity contribution in [2.24, 2.45) is 0 Å². The van der Waals surface area contributed by atoms with Gasteiger partial charge in [-0.2, -0.15) is 0 Å². The fraction of sp³-hybridized carbons (Fsp3) is 0.227. The summed E-state index contributed by atoms with van der Waals surface area (Å²) in [6.07, 6.45) is 1.81. The van der Waals surface area contributed by atoms with Gasteiger partial charge in [0.05, 0.1) is 12.8 Å². The standard InChI is InChI=1S/C22H24N2O2.ClH/c1-17-6-5-7-19(12-17)16-26-21-10-9-18(13-22(21)25-2)14-23-15-20-8-3-4-11-24-20;/h3-13,23H,14-16H2,1-2H3;1H/p-1. The first-order valence-electron chi connectivity index (χ1n) is 8.70. The van der Waals surface area contributed by atoms with Gasteiger partial charge in [0.15, 0.2) is 11.5 Å². The summed E-state index contributed by atoms with van der Waals surface area (Å²) in [5.74, 6) is 1.50. The lowest BCUT2D eigenvalue weighted by molar-refractivity contribution is -0.00000601. The lowest BCUT2D eigenvalue weighted by Gasteiger charge is -2.13. The molecular weight excluding hydrogens is 360 g/mol. The highest BCUT2D eigenvalue weighted by Crippen LogP contribution is 2.29. The van der Waals surface area contributed by atoms with Crippen molar-refractivity contribution in [3.05, 3.63) is 89.2 Å². The van der Waals surface area contributed by atoms with E-state index >= 15 is 0 Å². The molecular formula is C22H24ClN2O2-. The van der Waals surface area contributed by atoms with Gasteiger partial charge in [0.25, 0.3) is 0 Å². The molecule has 0 aliphatic rings. The fourth-order valence-electron chi connectivity index (χ4n) is 2.74. The van der Waals surface area contributed by atoms with Crippen LogP contribution in [-0.4, -0.2) is 12.1 Å². The van der Waals surface area contributed by atoms with Gasteiger partial charge in [0.2, 0.25) is 0 Å². The average molecular weight is 384 g/mol. The zero-order valence-corrected chi connectivity index (χ0v) is 16.4. The Morgan fingerprint density at radius 2 is 1.78 bits per heavy atom. The van der Waals surface area contributed by atoms with Crippen molar-refractivity contribution in [2.45, 2.75) is 26.6 Å². The molecule has 0 aliphatic heterocycles. The molecule has 0 aliphatic carbocycles. The molecule has 1 heterocycles. The average Bonchev–Trinajstić information content (AvgIpc) is 2.67. The molecule has 3 rings (SSSR count). The molecule has 5 heteroatoms. The van der Waals surface area contributed by atoms with Gasteiger partial charge >= 0.3 is 0 Å². The summed E-state index contributed by atoms with van der Waals surface area (Å²) in [6, 6.07) is 20.3. The van der Waals surface area contributed by atoms with Crippen LogP contribution in [0.15, 0.2) is 66.9 Å². The molecule has 0 atom stereocenters. The van der Waals surface area contributed by atoms with E-state index in [1.165, 1.54) is 5.56 Å². The van der Waals surface area contributed by atoms with Crippen molar-refractivity contribution in [1.29, 1.82) is 0 Å². The molecule has 4 nitrogen and oxygen atoms in total. The first kappa shape index (κ1) is 20.7. The molecule has 1 aromatic heterocycles. The molecule has 0 saturated carbocycles. The van der Waals surface area contributed by atoms with Crippen LogP contribution in [0, 0.1) is 6.92 Å². The van der Waals surface area contributed by atoms with E-state index in [4.69, 9.17) is 9.47 Å². The second kappa shape index (κ2) is 10.6. The highest BCUT2D eigenvalue weighted by atomic mass is 35.5. The summed E-state index contributed by atoms with van der Waals surface area (Å²) in [5.41, 5.74) is 4.54. The Kier molecular flexibility index (Phi) is 8.11. The number of halogens is 1. The number of hydrogen-bond acceptors (Lipinski definition) is 4. The molecule has 0 amide bonds. The molecule has 0 radical (unpaired) electrons. The number of aryl methyl sites for hydroxylation is 1. The van der Waals surface area contributed by atoms with Crippen LogP contribution < -0.4 is 27.2 Å². The SMILES string of the molecule is COc1cc(CNCc2ccccn2)ccc1OCc1cccc(C)c1.[Cl-]. The van der Waals surface area contributed by atoms with E-state index in [2.05, 4.69) is 41.5 Å². The van der Waals surface area contributed by atoms with Gasteiger partial charge in [0, 0.05) is 19.3 Å². The largest absolute Gasteiger partial charge is 1.00 e. The zero-order chi connectivity index (χ0) is 18.2. The fourth-order valence-corrected chi connectivity index (χ4v) is 2.74. The maximum atomic E-state index is 5.94. The number of methoxy groups -OCH3 is 1. The van der Waals surface area contributed by atoms with E-state index in [1.54, 1.807) is 13.3 Å². The summed E-state index contributed by atoms with van der Waals surface area (Å²) in [7, 11) is 1.67. The number of rotatable bonds is 8. The van der Waals surface area contributed by atoms with Crippen molar-refractivity contribution >= 4 is 0 Å². The van der Waals surface area contributed by atoms with Gasteiger partial charge in [-0.3, -0.25) is 4.98 Å². The monoisotopic (exact) mass is 383 g/mol. The van der Waals surface area contributed by atoms with Crippen molar-refractivity contribution in [1.82, 2.24) is 10.3 Å². The molecule has 0 saturated heterocycles. The molecule has 0 spiro atoms. The second-order valence-corrected chi connectivity index (χ2v) is 6.19. The van der Waals surface area contributed by atoms with E-state index in [-0.39, 0.29) is 12.4 Å². The van der Waals surface area contributed by atoms with E-state index in [1.807, 2.05) is 36.4 Å². The number of nitrogens with zero attached hydrogens (tertiary/aromatic N) is 1. The van der Waals surface area contributed by atoms with Crippen molar-refractivity contribution in [3.63, 3.8) is 0 Å². The Balaban J connectivity index is 0.00000261. The van der Waals surface area contributed by atoms with Gasteiger partial charge in [-0.1, -0.05) is 42.0 Å². The third kappa shape index (κ3) is 6.27. The van der Waals surface area contributed by atoms with Crippen LogP contribution >= 0.6 is 0 Å². The number of ether oxygens (including phenoxy) is 2. The van der Waals surface area contributed by atoms with Gasteiger partial charge < -0.3 is 27.2 Å². The third-order valence-corrected chi connectivity index (χ3v) is 4.07. The molecule has 0 bridgehead atoms. The summed E-state index contributed by atoms with van der Waals surface area (Å²) in [5, 5.41) is 3.39. The molecule has 2 aromatic carbocycles. The first-order valence-corrected chi connectivity index (χ1v) is 8.70. The number of hydrogen-bond donors (Lipinski definition) is 1. The molecule has 0 fully saturated rings. The van der Waals surface area contributed by atoms with Crippen molar-refractivity contribution < 1.29 is 21.9 Å². The van der Waals surface area contributed by atoms with Crippen LogP contribution in [0.25, 0.3) is 0 Å². The Morgan fingerprint density at radius 3 is 2.52 bits per heavy atom. The first-order chi connectivity index (χ1) is 12.7. The Hall–Kier alpha value is -2.56. The predicted octanol–water partition coefficient (Wildman–Crippen LogP) is 1.27. The van der Waals surface area contributed by atoms with Crippen LogP contribution in [-0.2, 0) is 19.7 Å². The predicted molar refractivity (Wildman–Crippen MR) is 103 cm³/mol. The zero-order valence-electron chi connectivity index (χ0n) is 15.6. The summed E-state index contributed by atoms with van der Waals surface area (Å²) in [4.78, 5) is 4.31. The number of benzene rings is 2. The van der Waals surface area contributed by atoms with E-state index in [0.717, 1.165) is 41.4 Å². The van der Waals surface area contributed by atoms with Crippen LogP contribution in [0.4, 0.5) is 0 Å². The van der Waals surface area contributed by atoms with E-state index < -0.39 is 0 Å². The summed E-state index contributed by atoms with van der Waals surface area (Å²) in [6.45, 7) is 4.08. The minimum Gasteiger partial charge on any atom is -1.00 e.